The van der Waals surface area contributed by atoms with Crippen LogP contribution in [0, 0.1) is 0 Å². The molecule has 0 unspecified atom stereocenters. The van der Waals surface area contributed by atoms with Gasteiger partial charge in [-0.3, -0.25) is 0 Å². The molecule has 0 bridgehead atoms. The normalized spacial score (nSPS) is 7.20. The Hall–Kier alpha value is 2.60. The van der Waals surface area contributed by atoms with Gasteiger partial charge >= 0.3 is 0 Å². The van der Waals surface area contributed by atoms with E-state index in [9.17, 15) is 0 Å². The topological polar surface area (TPSA) is 0 Å². The Morgan fingerprint density at radius 1 is 0.900 bits per heavy atom. The molecule has 0 heterocycles. The third-order valence-corrected chi connectivity index (χ3v) is 0. The van der Waals surface area contributed by atoms with E-state index in [1.165, 1.54) is 0 Å². The monoisotopic (exact) mass is 304 g/mol. The first kappa shape index (κ1) is 22.9. The largest absolute Gasteiger partial charge is 0.179 e. The maximum atomic E-state index is 5.10. The van der Waals surface area contributed by atoms with E-state index in [2.05, 4.69) is 0 Å². The van der Waals surface area contributed by atoms with Crippen LogP contribution in [0.4, 0.5) is 0 Å². The molecule has 0 fully saturated rings. The first-order valence-electron chi connectivity index (χ1n) is 1.29. The van der Waals surface area contributed by atoms with Crippen molar-refractivity contribution in [3.05, 3.63) is 0 Å². The van der Waals surface area contributed by atoms with Gasteiger partial charge in [-0.25, -0.2) is 0 Å². The van der Waals surface area contributed by atoms with Crippen molar-refractivity contribution >= 4 is 81.2 Å². The summed E-state index contributed by atoms with van der Waals surface area (Å²) in [6.07, 6.45) is 0. The van der Waals surface area contributed by atoms with Crippen LogP contribution in [0.15, 0.2) is 0 Å². The molecule has 0 N–H and O–H groups in total. The van der Waals surface area contributed by atoms with Crippen LogP contribution in [0.3, 0.4) is 0 Å². The van der Waals surface area contributed by atoms with Crippen LogP contribution >= 0.6 is 81.2 Å². The van der Waals surface area contributed by atoms with Crippen LogP contribution in [0.1, 0.15) is 7.43 Å². The number of rotatable bonds is 0. The molecular formula is C2H8Cl6P2. The maximum Gasteiger partial charge on any atom is 0.179 e. The Morgan fingerprint density at radius 2 is 0.900 bits per heavy atom. The van der Waals surface area contributed by atoms with Crippen molar-refractivity contribution in [2.75, 3.05) is 6.66 Å². The summed E-state index contributed by atoms with van der Waals surface area (Å²) >= 11 is 24.8. The molecule has 8 heteroatoms. The summed E-state index contributed by atoms with van der Waals surface area (Å²) in [4.78, 5) is 0. The molecule has 0 atom stereocenters. The Morgan fingerprint density at radius 3 is 0.900 bits per heavy atom. The maximum absolute atomic E-state index is 5.10. The molecule has 0 radical (unpaired) electrons. The van der Waals surface area contributed by atoms with Gasteiger partial charge in [0.2, 0.25) is 0 Å². The summed E-state index contributed by atoms with van der Waals surface area (Å²) in [6, 6.07) is 0. The first-order valence-corrected chi connectivity index (χ1v) is 8.95. The molecule has 68 valence electrons. The van der Waals surface area contributed by atoms with Gasteiger partial charge < -0.3 is 0 Å². The van der Waals surface area contributed by atoms with Gasteiger partial charge in [0.05, 0.1) is 6.63 Å². The van der Waals surface area contributed by atoms with Gasteiger partial charge in [0, 0.05) is 0 Å². The predicted octanol–water partition coefficient (Wildman–Crippen LogP) is 6.39. The van der Waals surface area contributed by atoms with Crippen molar-refractivity contribution in [2.45, 2.75) is 7.43 Å². The van der Waals surface area contributed by atoms with E-state index in [0.29, 0.717) is 0 Å². The van der Waals surface area contributed by atoms with Crippen LogP contribution in [0.2, 0.25) is 0 Å². The van der Waals surface area contributed by atoms with Gasteiger partial charge in [0.15, 0.2) is 5.98 Å². The standard InChI is InChI=1S/CH3Cl2P.CH4.Cl3P.ClH/c1-4(2)3;;1-4(2)3;/h1H3;1H4;;1H. The minimum absolute atomic E-state index is 0. The third kappa shape index (κ3) is 145. The van der Waals surface area contributed by atoms with Gasteiger partial charge in [-0.2, -0.15) is 0 Å². The second kappa shape index (κ2) is 17.6. The fourth-order valence-corrected chi connectivity index (χ4v) is 0. The Balaban J connectivity index is -0.0000000300. The minimum Gasteiger partial charge on any atom is -0.147 e. The van der Waals surface area contributed by atoms with Crippen LogP contribution < -0.4 is 0 Å². The van der Waals surface area contributed by atoms with Crippen molar-refractivity contribution < 1.29 is 0 Å². The SMILES string of the molecule is C.CP(Cl)Cl.Cl.ClP(Cl)Cl. The highest BCUT2D eigenvalue weighted by Crippen LogP contribution is 2.51. The molecule has 0 aromatic rings. The van der Waals surface area contributed by atoms with E-state index in [4.69, 9.17) is 56.2 Å². The van der Waals surface area contributed by atoms with E-state index >= 15 is 0 Å². The smallest absolute Gasteiger partial charge is 0.147 e. The van der Waals surface area contributed by atoms with Crippen LogP contribution in [0.5, 0.6) is 0 Å². The van der Waals surface area contributed by atoms with Gasteiger partial charge in [0.1, 0.15) is 0 Å². The van der Waals surface area contributed by atoms with E-state index in [1.54, 1.807) is 6.66 Å². The zero-order valence-electron chi connectivity index (χ0n) is 4.19. The molecule has 0 spiro atoms. The zero-order chi connectivity index (χ0) is 7.15. The molecule has 0 saturated heterocycles. The molecule has 10 heavy (non-hydrogen) atoms. The molecule has 0 aromatic heterocycles. The fourth-order valence-electron chi connectivity index (χ4n) is 0. The highest BCUT2D eigenvalue weighted by Gasteiger charge is 1.80. The van der Waals surface area contributed by atoms with Gasteiger partial charge in [0.25, 0.3) is 0 Å². The summed E-state index contributed by atoms with van der Waals surface area (Å²) in [5.74, 6) is -1.20. The lowest BCUT2D eigenvalue weighted by Crippen LogP contribution is -1.20. The number of hydrogen-bond donors (Lipinski definition) is 0. The summed E-state index contributed by atoms with van der Waals surface area (Å²) in [7, 11) is 0. The second-order valence-electron chi connectivity index (χ2n) is 0.594. The zero-order valence-corrected chi connectivity index (χ0v) is 10.6. The Bertz CT molecular complexity index is 29.2. The number of hydrogen-bond acceptors (Lipinski definition) is 0. The lowest BCUT2D eigenvalue weighted by Gasteiger charge is -1.72. The van der Waals surface area contributed by atoms with E-state index in [-0.39, 0.29) is 19.8 Å². The van der Waals surface area contributed by atoms with Crippen molar-refractivity contribution in [1.29, 1.82) is 0 Å². The third-order valence-electron chi connectivity index (χ3n) is 0. The lowest BCUT2D eigenvalue weighted by molar-refractivity contribution is 2.49. The van der Waals surface area contributed by atoms with Crippen LogP contribution in [-0.4, -0.2) is 6.66 Å². The molecule has 0 nitrogen and oxygen atoms in total. The molecule has 0 aliphatic carbocycles. The van der Waals surface area contributed by atoms with Crippen molar-refractivity contribution in [1.82, 2.24) is 0 Å². The first-order chi connectivity index (χ1) is 3.46. The summed E-state index contributed by atoms with van der Waals surface area (Å²) in [6.45, 7) is 1.09. The predicted molar refractivity (Wildman–Crippen MR) is 63.0 cm³/mol. The van der Waals surface area contributed by atoms with Crippen molar-refractivity contribution in [2.24, 2.45) is 0 Å². The van der Waals surface area contributed by atoms with Crippen LogP contribution in [-0.2, 0) is 0 Å². The van der Waals surface area contributed by atoms with Gasteiger partial charge in [-0.05, 0) is 6.66 Å². The highest BCUT2D eigenvalue weighted by atomic mass is 36.0. The lowest BCUT2D eigenvalue weighted by atomic mass is 12.0. The van der Waals surface area contributed by atoms with E-state index < -0.39 is 12.6 Å². The molecule has 0 rings (SSSR count). The van der Waals surface area contributed by atoms with Gasteiger partial charge in [-0.15, -0.1) is 12.4 Å². The van der Waals surface area contributed by atoms with E-state index in [0.717, 1.165) is 0 Å². The highest BCUT2D eigenvalue weighted by molar-refractivity contribution is 8.20. The minimum atomic E-state index is -1.20. The average Bonchev–Trinajstić information content (AvgIpc) is 1.25. The molecule has 0 aliphatic rings. The average molecular weight is 307 g/mol. The van der Waals surface area contributed by atoms with Gasteiger partial charge in [-0.1, -0.05) is 63.6 Å². The number of halogens is 6. The molecule has 0 aliphatic heterocycles. The fraction of sp³-hybridized carbons (Fsp3) is 1.00. The van der Waals surface area contributed by atoms with E-state index in [1.807, 2.05) is 0 Å². The summed E-state index contributed by atoms with van der Waals surface area (Å²) < 4.78 is 0. The molecule has 0 aromatic carbocycles. The quantitative estimate of drug-likeness (QED) is 0.455. The molecule has 0 amide bonds. The second-order valence-corrected chi connectivity index (χ2v) is 9.94. The Labute approximate surface area is 94.7 Å². The molecule has 0 saturated carbocycles. The van der Waals surface area contributed by atoms with Crippen LogP contribution in [0.25, 0.3) is 0 Å². The van der Waals surface area contributed by atoms with Crippen molar-refractivity contribution in [3.63, 3.8) is 0 Å². The summed E-state index contributed by atoms with van der Waals surface area (Å²) in [5.41, 5.74) is 0. The summed E-state index contributed by atoms with van der Waals surface area (Å²) in [5, 5.41) is 0. The van der Waals surface area contributed by atoms with Crippen molar-refractivity contribution in [3.8, 4) is 0 Å². The molecular weight excluding hydrogens is 299 g/mol. The Kier molecular flexibility index (Phi) is 40.4.